The van der Waals surface area contributed by atoms with Crippen LogP contribution in [0.25, 0.3) is 0 Å². The molecule has 0 fully saturated rings. The second kappa shape index (κ2) is 5.78. The molecule has 0 amide bonds. The number of halogens is 2. The fourth-order valence-corrected chi connectivity index (χ4v) is 2.92. The van der Waals surface area contributed by atoms with Gasteiger partial charge in [-0.3, -0.25) is 0 Å². The third-order valence-corrected chi connectivity index (χ3v) is 3.77. The molecule has 5 heteroatoms. The molecular formula is C15H14BrFN2O. The smallest absolute Gasteiger partial charge is 0.141 e. The minimum atomic E-state index is -0.939. The first-order valence-electron chi connectivity index (χ1n) is 6.20. The van der Waals surface area contributed by atoms with Crippen molar-refractivity contribution in [1.82, 2.24) is 4.57 Å². The van der Waals surface area contributed by atoms with Gasteiger partial charge in [-0.1, -0.05) is 6.07 Å². The SMILES string of the molecule is CC(C)n1c(Br)ccc1C(O)c1ccc(C#N)c(F)c1. The van der Waals surface area contributed by atoms with Crippen molar-refractivity contribution in [1.29, 1.82) is 5.26 Å². The van der Waals surface area contributed by atoms with Gasteiger partial charge >= 0.3 is 0 Å². The minimum Gasteiger partial charge on any atom is -0.382 e. The van der Waals surface area contributed by atoms with Gasteiger partial charge in [-0.15, -0.1) is 0 Å². The van der Waals surface area contributed by atoms with Crippen LogP contribution in [0.15, 0.2) is 34.9 Å². The van der Waals surface area contributed by atoms with Gasteiger partial charge in [0.05, 0.1) is 15.9 Å². The highest BCUT2D eigenvalue weighted by atomic mass is 79.9. The Morgan fingerprint density at radius 3 is 2.55 bits per heavy atom. The van der Waals surface area contributed by atoms with E-state index in [4.69, 9.17) is 5.26 Å². The second-order valence-corrected chi connectivity index (χ2v) is 5.61. The Kier molecular flexibility index (Phi) is 4.26. The van der Waals surface area contributed by atoms with Crippen molar-refractivity contribution in [3.63, 3.8) is 0 Å². The largest absolute Gasteiger partial charge is 0.382 e. The Labute approximate surface area is 125 Å². The van der Waals surface area contributed by atoms with Gasteiger partial charge in [0.2, 0.25) is 0 Å². The Bertz CT molecular complexity index is 673. The molecule has 0 aliphatic carbocycles. The lowest BCUT2D eigenvalue weighted by Crippen LogP contribution is -2.11. The molecule has 0 bridgehead atoms. The Morgan fingerprint density at radius 1 is 1.30 bits per heavy atom. The van der Waals surface area contributed by atoms with E-state index in [2.05, 4.69) is 15.9 Å². The van der Waals surface area contributed by atoms with Crippen LogP contribution >= 0.6 is 15.9 Å². The number of aliphatic hydroxyl groups excluding tert-OH is 1. The van der Waals surface area contributed by atoms with Crippen LogP contribution < -0.4 is 0 Å². The Morgan fingerprint density at radius 2 is 2.00 bits per heavy atom. The van der Waals surface area contributed by atoms with Gasteiger partial charge in [0.25, 0.3) is 0 Å². The number of hydrogen-bond donors (Lipinski definition) is 1. The zero-order valence-corrected chi connectivity index (χ0v) is 12.7. The zero-order chi connectivity index (χ0) is 14.9. The average Bonchev–Trinajstić information content (AvgIpc) is 2.79. The summed E-state index contributed by atoms with van der Waals surface area (Å²) in [6.45, 7) is 4.00. The Balaban J connectivity index is 2.44. The number of rotatable bonds is 3. The van der Waals surface area contributed by atoms with E-state index in [0.29, 0.717) is 11.3 Å². The average molecular weight is 337 g/mol. The van der Waals surface area contributed by atoms with E-state index in [1.807, 2.05) is 24.5 Å². The van der Waals surface area contributed by atoms with Crippen molar-refractivity contribution in [3.8, 4) is 6.07 Å². The third kappa shape index (κ3) is 2.62. The fraction of sp³-hybridized carbons (Fsp3) is 0.267. The van der Waals surface area contributed by atoms with Crippen LogP contribution in [0.1, 0.15) is 42.8 Å². The van der Waals surface area contributed by atoms with E-state index in [-0.39, 0.29) is 11.6 Å². The lowest BCUT2D eigenvalue weighted by atomic mass is 10.0. The van der Waals surface area contributed by atoms with Gasteiger partial charge in [0.1, 0.15) is 18.0 Å². The van der Waals surface area contributed by atoms with Crippen LogP contribution in [0.4, 0.5) is 4.39 Å². The molecule has 20 heavy (non-hydrogen) atoms. The summed E-state index contributed by atoms with van der Waals surface area (Å²) >= 11 is 3.43. The first-order valence-corrected chi connectivity index (χ1v) is 6.99. The summed E-state index contributed by atoms with van der Waals surface area (Å²) in [5.41, 5.74) is 1.08. The van der Waals surface area contributed by atoms with E-state index in [9.17, 15) is 9.50 Å². The molecule has 1 unspecified atom stereocenters. The molecule has 2 rings (SSSR count). The highest BCUT2D eigenvalue weighted by molar-refractivity contribution is 9.10. The molecule has 1 N–H and O–H groups in total. The summed E-state index contributed by atoms with van der Waals surface area (Å²) in [4.78, 5) is 0. The quantitative estimate of drug-likeness (QED) is 0.923. The van der Waals surface area contributed by atoms with Gasteiger partial charge in [0, 0.05) is 6.04 Å². The predicted octanol–water partition coefficient (Wildman–Crippen LogP) is 3.92. The maximum Gasteiger partial charge on any atom is 0.141 e. The zero-order valence-electron chi connectivity index (χ0n) is 11.1. The van der Waals surface area contributed by atoms with Gasteiger partial charge in [-0.25, -0.2) is 4.39 Å². The van der Waals surface area contributed by atoms with Crippen molar-refractivity contribution >= 4 is 15.9 Å². The van der Waals surface area contributed by atoms with E-state index >= 15 is 0 Å². The molecule has 2 aromatic rings. The second-order valence-electron chi connectivity index (χ2n) is 4.80. The lowest BCUT2D eigenvalue weighted by molar-refractivity contribution is 0.207. The molecule has 1 aromatic carbocycles. The van der Waals surface area contributed by atoms with Gasteiger partial charge < -0.3 is 9.67 Å². The molecule has 1 heterocycles. The first-order chi connectivity index (χ1) is 9.45. The molecule has 0 aliphatic rings. The molecule has 1 aromatic heterocycles. The van der Waals surface area contributed by atoms with E-state index < -0.39 is 11.9 Å². The van der Waals surface area contributed by atoms with Crippen molar-refractivity contribution in [2.24, 2.45) is 0 Å². The molecule has 0 spiro atoms. The number of nitrogens with zero attached hydrogens (tertiary/aromatic N) is 2. The minimum absolute atomic E-state index is 0.0265. The van der Waals surface area contributed by atoms with Crippen LogP contribution in [0, 0.1) is 17.1 Å². The number of benzene rings is 1. The number of nitriles is 1. The van der Waals surface area contributed by atoms with E-state index in [1.165, 1.54) is 12.1 Å². The van der Waals surface area contributed by atoms with Gasteiger partial charge in [0.15, 0.2) is 0 Å². The monoisotopic (exact) mass is 336 g/mol. The van der Waals surface area contributed by atoms with E-state index in [1.54, 1.807) is 18.2 Å². The third-order valence-electron chi connectivity index (χ3n) is 3.13. The van der Waals surface area contributed by atoms with Crippen molar-refractivity contribution in [3.05, 3.63) is 57.6 Å². The van der Waals surface area contributed by atoms with Gasteiger partial charge in [-0.05, 0) is 59.6 Å². The highest BCUT2D eigenvalue weighted by Crippen LogP contribution is 2.30. The standard InChI is InChI=1S/C15H14BrFN2O/c1-9(2)19-13(5-6-14(19)16)15(20)10-3-4-11(8-18)12(17)7-10/h3-7,9,15,20H,1-2H3. The molecule has 0 radical (unpaired) electrons. The lowest BCUT2D eigenvalue weighted by Gasteiger charge is -2.19. The molecule has 0 saturated heterocycles. The summed E-state index contributed by atoms with van der Waals surface area (Å²) in [6.07, 6.45) is -0.939. The van der Waals surface area contributed by atoms with Crippen LogP contribution in [0.2, 0.25) is 0 Å². The van der Waals surface area contributed by atoms with Crippen LogP contribution in [0.5, 0.6) is 0 Å². The summed E-state index contributed by atoms with van der Waals surface area (Å²) < 4.78 is 16.4. The number of aliphatic hydroxyl groups is 1. The summed E-state index contributed by atoms with van der Waals surface area (Å²) in [7, 11) is 0. The molecule has 104 valence electrons. The van der Waals surface area contributed by atoms with Crippen molar-refractivity contribution in [2.75, 3.05) is 0 Å². The molecule has 1 atom stereocenters. The fourth-order valence-electron chi connectivity index (χ4n) is 2.17. The first kappa shape index (κ1) is 14.8. The van der Waals surface area contributed by atoms with Gasteiger partial charge in [-0.2, -0.15) is 5.26 Å². The Hall–Kier alpha value is -1.64. The number of aromatic nitrogens is 1. The topological polar surface area (TPSA) is 49.0 Å². The van der Waals surface area contributed by atoms with Crippen molar-refractivity contribution in [2.45, 2.75) is 26.0 Å². The number of hydrogen-bond acceptors (Lipinski definition) is 2. The maximum absolute atomic E-state index is 13.6. The predicted molar refractivity (Wildman–Crippen MR) is 77.7 cm³/mol. The summed E-state index contributed by atoms with van der Waals surface area (Å²) in [5, 5.41) is 19.2. The molecule has 3 nitrogen and oxygen atoms in total. The normalized spacial score (nSPS) is 12.4. The molecule has 0 aliphatic heterocycles. The summed E-state index contributed by atoms with van der Waals surface area (Å²) in [5.74, 6) is -0.620. The highest BCUT2D eigenvalue weighted by Gasteiger charge is 2.19. The maximum atomic E-state index is 13.6. The van der Waals surface area contributed by atoms with E-state index in [0.717, 1.165) is 4.60 Å². The van der Waals surface area contributed by atoms with Crippen LogP contribution in [-0.4, -0.2) is 9.67 Å². The van der Waals surface area contributed by atoms with Crippen LogP contribution in [0.3, 0.4) is 0 Å². The van der Waals surface area contributed by atoms with Crippen LogP contribution in [-0.2, 0) is 0 Å². The summed E-state index contributed by atoms with van der Waals surface area (Å²) in [6, 6.07) is 9.72. The molecule has 0 saturated carbocycles. The molecular weight excluding hydrogens is 323 g/mol. The van der Waals surface area contributed by atoms with Crippen molar-refractivity contribution < 1.29 is 9.50 Å².